The van der Waals surface area contributed by atoms with Crippen LogP contribution in [0.2, 0.25) is 0 Å². The molecule has 1 fully saturated rings. The number of ether oxygens (including phenoxy) is 1. The van der Waals surface area contributed by atoms with Crippen molar-refractivity contribution in [3.63, 3.8) is 0 Å². The second kappa shape index (κ2) is 6.28. The zero-order chi connectivity index (χ0) is 14.6. The van der Waals surface area contributed by atoms with E-state index in [9.17, 15) is 5.26 Å². The van der Waals surface area contributed by atoms with Crippen LogP contribution in [0.1, 0.15) is 37.3 Å². The Morgan fingerprint density at radius 2 is 1.95 bits per heavy atom. The lowest BCUT2D eigenvalue weighted by atomic mass is 9.96. The van der Waals surface area contributed by atoms with Gasteiger partial charge in [0.2, 0.25) is 0 Å². The molecular weight excluding hydrogens is 248 g/mol. The Morgan fingerprint density at radius 3 is 2.45 bits per heavy atom. The highest BCUT2D eigenvalue weighted by molar-refractivity contribution is 5.33. The SMILES string of the molecule is CCCNC(C#N)(COc1cc(C)cc(C)c1)C1CC1. The van der Waals surface area contributed by atoms with Crippen LogP contribution in [0.15, 0.2) is 18.2 Å². The fraction of sp³-hybridized carbons (Fsp3) is 0.588. The van der Waals surface area contributed by atoms with Crippen LogP contribution in [-0.4, -0.2) is 18.7 Å². The van der Waals surface area contributed by atoms with Crippen molar-refractivity contribution >= 4 is 0 Å². The lowest BCUT2D eigenvalue weighted by Gasteiger charge is -2.28. The van der Waals surface area contributed by atoms with E-state index in [4.69, 9.17) is 4.74 Å². The van der Waals surface area contributed by atoms with Crippen LogP contribution in [0.3, 0.4) is 0 Å². The lowest BCUT2D eigenvalue weighted by Crippen LogP contribution is -2.51. The first-order valence-corrected chi connectivity index (χ1v) is 7.47. The van der Waals surface area contributed by atoms with Crippen LogP contribution in [0, 0.1) is 31.1 Å². The molecule has 1 aliphatic carbocycles. The zero-order valence-electron chi connectivity index (χ0n) is 12.7. The molecule has 1 aromatic rings. The molecule has 0 radical (unpaired) electrons. The van der Waals surface area contributed by atoms with E-state index in [1.54, 1.807) is 0 Å². The van der Waals surface area contributed by atoms with E-state index in [1.807, 2.05) is 12.1 Å². The predicted molar refractivity (Wildman–Crippen MR) is 80.8 cm³/mol. The van der Waals surface area contributed by atoms with E-state index < -0.39 is 5.54 Å². The molecule has 0 saturated heterocycles. The van der Waals surface area contributed by atoms with Gasteiger partial charge >= 0.3 is 0 Å². The average Bonchev–Trinajstić information content (AvgIpc) is 3.23. The summed E-state index contributed by atoms with van der Waals surface area (Å²) in [6.45, 7) is 7.53. The number of hydrogen-bond donors (Lipinski definition) is 1. The fourth-order valence-electron chi connectivity index (χ4n) is 2.61. The number of nitrogens with zero attached hydrogens (tertiary/aromatic N) is 1. The number of hydrogen-bond acceptors (Lipinski definition) is 3. The zero-order valence-corrected chi connectivity index (χ0v) is 12.7. The highest BCUT2D eigenvalue weighted by Crippen LogP contribution is 2.39. The van der Waals surface area contributed by atoms with Gasteiger partial charge in [0.25, 0.3) is 0 Å². The van der Waals surface area contributed by atoms with Gasteiger partial charge in [-0.3, -0.25) is 5.32 Å². The summed E-state index contributed by atoms with van der Waals surface area (Å²) in [5.74, 6) is 1.30. The maximum Gasteiger partial charge on any atom is 0.143 e. The Balaban J connectivity index is 2.06. The van der Waals surface area contributed by atoms with Gasteiger partial charge in [0, 0.05) is 0 Å². The molecule has 3 nitrogen and oxygen atoms in total. The maximum absolute atomic E-state index is 9.61. The summed E-state index contributed by atoms with van der Waals surface area (Å²) >= 11 is 0. The van der Waals surface area contributed by atoms with E-state index in [0.29, 0.717) is 12.5 Å². The van der Waals surface area contributed by atoms with Crippen LogP contribution < -0.4 is 10.1 Å². The molecule has 1 N–H and O–H groups in total. The quantitative estimate of drug-likeness (QED) is 0.828. The molecule has 0 spiro atoms. The van der Waals surface area contributed by atoms with Crippen molar-refractivity contribution in [3.05, 3.63) is 29.3 Å². The van der Waals surface area contributed by atoms with Crippen molar-refractivity contribution in [1.82, 2.24) is 5.32 Å². The van der Waals surface area contributed by atoms with Gasteiger partial charge in [-0.05, 0) is 68.8 Å². The minimum atomic E-state index is -0.520. The van der Waals surface area contributed by atoms with E-state index in [2.05, 4.69) is 38.2 Å². The molecule has 1 unspecified atom stereocenters. The van der Waals surface area contributed by atoms with Gasteiger partial charge in [0.15, 0.2) is 0 Å². The Labute approximate surface area is 121 Å². The van der Waals surface area contributed by atoms with Crippen LogP contribution in [0.5, 0.6) is 5.75 Å². The van der Waals surface area contributed by atoms with Gasteiger partial charge in [-0.1, -0.05) is 13.0 Å². The number of aryl methyl sites for hydroxylation is 2. The monoisotopic (exact) mass is 272 g/mol. The Hall–Kier alpha value is -1.53. The summed E-state index contributed by atoms with van der Waals surface area (Å²) in [5, 5.41) is 13.0. The van der Waals surface area contributed by atoms with Gasteiger partial charge in [-0.2, -0.15) is 5.26 Å². The van der Waals surface area contributed by atoms with Gasteiger partial charge in [-0.25, -0.2) is 0 Å². The van der Waals surface area contributed by atoms with Crippen molar-refractivity contribution in [2.75, 3.05) is 13.2 Å². The molecule has 1 aromatic carbocycles. The first-order chi connectivity index (χ1) is 9.59. The molecule has 2 rings (SSSR count). The van der Waals surface area contributed by atoms with Crippen LogP contribution in [0.25, 0.3) is 0 Å². The minimum Gasteiger partial charge on any atom is -0.491 e. The van der Waals surface area contributed by atoms with Crippen LogP contribution in [-0.2, 0) is 0 Å². The molecule has 0 aromatic heterocycles. The third-order valence-electron chi connectivity index (χ3n) is 3.83. The Bertz CT molecular complexity index is 482. The number of nitriles is 1. The van der Waals surface area contributed by atoms with E-state index >= 15 is 0 Å². The van der Waals surface area contributed by atoms with Crippen LogP contribution in [0.4, 0.5) is 0 Å². The molecule has 0 heterocycles. The first-order valence-electron chi connectivity index (χ1n) is 7.47. The summed E-state index contributed by atoms with van der Waals surface area (Å²) < 4.78 is 5.94. The molecule has 0 aliphatic heterocycles. The lowest BCUT2D eigenvalue weighted by molar-refractivity contribution is 0.202. The van der Waals surface area contributed by atoms with Gasteiger partial charge < -0.3 is 4.74 Å². The highest BCUT2D eigenvalue weighted by Gasteiger charge is 2.46. The third-order valence-corrected chi connectivity index (χ3v) is 3.83. The van der Waals surface area contributed by atoms with E-state index in [-0.39, 0.29) is 0 Å². The topological polar surface area (TPSA) is 45.0 Å². The second-order valence-electron chi connectivity index (χ2n) is 5.90. The number of nitrogens with one attached hydrogen (secondary N) is 1. The van der Waals surface area contributed by atoms with Crippen molar-refractivity contribution < 1.29 is 4.74 Å². The Morgan fingerprint density at radius 1 is 1.30 bits per heavy atom. The largest absolute Gasteiger partial charge is 0.491 e. The molecule has 0 bridgehead atoms. The summed E-state index contributed by atoms with van der Waals surface area (Å²) in [6, 6.07) is 8.66. The maximum atomic E-state index is 9.61. The second-order valence-corrected chi connectivity index (χ2v) is 5.90. The molecule has 0 amide bonds. The molecule has 1 aliphatic rings. The van der Waals surface area contributed by atoms with Gasteiger partial charge in [0.1, 0.15) is 17.9 Å². The molecule has 3 heteroatoms. The smallest absolute Gasteiger partial charge is 0.143 e. The van der Waals surface area contributed by atoms with E-state index in [1.165, 1.54) is 11.1 Å². The summed E-state index contributed by atoms with van der Waals surface area (Å²) in [7, 11) is 0. The molecular formula is C17H24N2O. The van der Waals surface area contributed by atoms with Crippen molar-refractivity contribution in [3.8, 4) is 11.8 Å². The predicted octanol–water partition coefficient (Wildman–Crippen LogP) is 3.35. The highest BCUT2D eigenvalue weighted by atomic mass is 16.5. The minimum absolute atomic E-state index is 0.428. The molecule has 1 saturated carbocycles. The molecule has 20 heavy (non-hydrogen) atoms. The normalized spacial score (nSPS) is 17.3. The average molecular weight is 272 g/mol. The third kappa shape index (κ3) is 3.52. The van der Waals surface area contributed by atoms with Gasteiger partial charge in [0.05, 0.1) is 6.07 Å². The van der Waals surface area contributed by atoms with Crippen molar-refractivity contribution in [2.45, 2.75) is 45.6 Å². The Kier molecular flexibility index (Phi) is 4.67. The summed E-state index contributed by atoms with van der Waals surface area (Å²) in [4.78, 5) is 0. The number of benzene rings is 1. The first kappa shape index (κ1) is 14.9. The van der Waals surface area contributed by atoms with E-state index in [0.717, 1.165) is 31.6 Å². The summed E-state index contributed by atoms with van der Waals surface area (Å²) in [5.41, 5.74) is 1.86. The fourth-order valence-corrected chi connectivity index (χ4v) is 2.61. The molecule has 1 atom stereocenters. The van der Waals surface area contributed by atoms with Crippen molar-refractivity contribution in [2.24, 2.45) is 5.92 Å². The standard InChI is InChI=1S/C17H24N2O/c1-4-7-19-17(11-18,15-5-6-15)12-20-16-9-13(2)8-14(3)10-16/h8-10,15,19H,4-7,12H2,1-3H3. The molecule has 108 valence electrons. The number of rotatable bonds is 7. The van der Waals surface area contributed by atoms with Gasteiger partial charge in [-0.15, -0.1) is 0 Å². The van der Waals surface area contributed by atoms with Crippen molar-refractivity contribution in [1.29, 1.82) is 5.26 Å². The van der Waals surface area contributed by atoms with Crippen LogP contribution >= 0.6 is 0 Å². The summed E-state index contributed by atoms with van der Waals surface area (Å²) in [6.07, 6.45) is 3.28.